The summed E-state index contributed by atoms with van der Waals surface area (Å²) >= 11 is 6.32. The van der Waals surface area contributed by atoms with Crippen LogP contribution in [-0.4, -0.2) is 34.4 Å². The normalized spacial score (nSPS) is 20.0. The monoisotopic (exact) mass is 313 g/mol. The fourth-order valence-electron chi connectivity index (χ4n) is 2.65. The molecular formula is C15H24ClN3O2. The molecule has 6 heteroatoms. The summed E-state index contributed by atoms with van der Waals surface area (Å²) in [6.07, 6.45) is 2.14. The van der Waals surface area contributed by atoms with Crippen LogP contribution in [0.1, 0.15) is 49.7 Å². The largest absolute Gasteiger partial charge is 0.376 e. The predicted octanol–water partition coefficient (Wildman–Crippen LogP) is 2.80. The maximum Gasteiger partial charge on any atom is 0.256 e. The lowest BCUT2D eigenvalue weighted by Gasteiger charge is -2.19. The molecule has 1 N–H and O–H groups in total. The zero-order valence-corrected chi connectivity index (χ0v) is 13.9. The highest BCUT2D eigenvalue weighted by Gasteiger charge is 2.27. The molecule has 1 aliphatic heterocycles. The number of carbonyl (C=O) groups excluding carboxylic acids is 1. The number of aromatic nitrogens is 2. The molecule has 1 fully saturated rings. The van der Waals surface area contributed by atoms with E-state index >= 15 is 0 Å². The smallest absolute Gasteiger partial charge is 0.256 e. The van der Waals surface area contributed by atoms with Gasteiger partial charge in [-0.15, -0.1) is 0 Å². The maximum atomic E-state index is 12.4. The first kappa shape index (κ1) is 16.3. The second kappa shape index (κ2) is 6.79. The van der Waals surface area contributed by atoms with Crippen molar-refractivity contribution in [2.45, 2.75) is 59.2 Å². The van der Waals surface area contributed by atoms with E-state index in [1.54, 1.807) is 4.68 Å². The average molecular weight is 314 g/mol. The zero-order chi connectivity index (χ0) is 15.6. The van der Waals surface area contributed by atoms with E-state index in [-0.39, 0.29) is 18.1 Å². The molecular weight excluding hydrogens is 290 g/mol. The maximum absolute atomic E-state index is 12.4. The highest BCUT2D eigenvalue weighted by Crippen LogP contribution is 2.22. The van der Waals surface area contributed by atoms with E-state index in [2.05, 4.69) is 24.3 Å². The van der Waals surface area contributed by atoms with Crippen molar-refractivity contribution < 1.29 is 9.53 Å². The molecule has 118 valence electrons. The van der Waals surface area contributed by atoms with Crippen molar-refractivity contribution in [3.8, 4) is 0 Å². The van der Waals surface area contributed by atoms with Crippen LogP contribution in [0, 0.1) is 12.8 Å². The zero-order valence-electron chi connectivity index (χ0n) is 13.1. The van der Waals surface area contributed by atoms with Gasteiger partial charge in [-0.2, -0.15) is 5.10 Å². The van der Waals surface area contributed by atoms with E-state index in [1.807, 2.05) is 13.8 Å². The van der Waals surface area contributed by atoms with Crippen molar-refractivity contribution in [2.24, 2.45) is 5.92 Å². The molecule has 1 saturated heterocycles. The van der Waals surface area contributed by atoms with Crippen LogP contribution in [0.4, 0.5) is 0 Å². The second-order valence-electron chi connectivity index (χ2n) is 6.14. The van der Waals surface area contributed by atoms with Crippen molar-refractivity contribution >= 4 is 17.5 Å². The lowest BCUT2D eigenvalue weighted by Crippen LogP contribution is -2.41. The van der Waals surface area contributed by atoms with E-state index in [4.69, 9.17) is 16.3 Å². The van der Waals surface area contributed by atoms with Crippen LogP contribution in [0.5, 0.6) is 0 Å². The van der Waals surface area contributed by atoms with Crippen LogP contribution >= 0.6 is 11.6 Å². The minimum absolute atomic E-state index is 0.0242. The minimum Gasteiger partial charge on any atom is -0.376 e. The van der Waals surface area contributed by atoms with Crippen molar-refractivity contribution in [1.29, 1.82) is 0 Å². The molecule has 1 aromatic rings. The van der Waals surface area contributed by atoms with Crippen LogP contribution in [-0.2, 0) is 11.3 Å². The molecule has 5 nitrogen and oxygen atoms in total. The SMILES string of the molecule is Cc1nn(CC(C)C)c(Cl)c1C(=O)NC(C)C1CCCO1. The molecule has 1 aliphatic rings. The number of amides is 1. The third-order valence-corrected chi connectivity index (χ3v) is 4.10. The Kier molecular flexibility index (Phi) is 5.27. The van der Waals surface area contributed by atoms with E-state index in [1.165, 1.54) is 0 Å². The number of carbonyl (C=O) groups is 1. The van der Waals surface area contributed by atoms with E-state index in [0.717, 1.165) is 19.4 Å². The molecule has 2 atom stereocenters. The minimum atomic E-state index is -0.171. The summed E-state index contributed by atoms with van der Waals surface area (Å²) in [5, 5.41) is 7.77. The Hall–Kier alpha value is -1.07. The van der Waals surface area contributed by atoms with Gasteiger partial charge < -0.3 is 10.1 Å². The van der Waals surface area contributed by atoms with E-state index in [0.29, 0.717) is 28.9 Å². The summed E-state index contributed by atoms with van der Waals surface area (Å²) < 4.78 is 7.30. The van der Waals surface area contributed by atoms with Gasteiger partial charge in [0, 0.05) is 13.2 Å². The van der Waals surface area contributed by atoms with Crippen molar-refractivity contribution in [1.82, 2.24) is 15.1 Å². The number of rotatable bonds is 5. The second-order valence-corrected chi connectivity index (χ2v) is 6.50. The number of aryl methyl sites for hydroxylation is 1. The number of ether oxygens (including phenoxy) is 1. The molecule has 2 unspecified atom stereocenters. The summed E-state index contributed by atoms with van der Waals surface area (Å²) in [5.41, 5.74) is 1.14. The number of hydrogen-bond acceptors (Lipinski definition) is 3. The third kappa shape index (κ3) is 3.77. The van der Waals surface area contributed by atoms with Gasteiger partial charge in [0.2, 0.25) is 0 Å². The molecule has 0 saturated carbocycles. The Balaban J connectivity index is 2.09. The number of hydrogen-bond donors (Lipinski definition) is 1. The van der Waals surface area contributed by atoms with Crippen LogP contribution in [0.2, 0.25) is 5.15 Å². The summed E-state index contributed by atoms with van der Waals surface area (Å²) in [6, 6.07) is -0.0242. The van der Waals surface area contributed by atoms with Crippen LogP contribution in [0.25, 0.3) is 0 Å². The van der Waals surface area contributed by atoms with Gasteiger partial charge in [0.25, 0.3) is 5.91 Å². The molecule has 21 heavy (non-hydrogen) atoms. The fraction of sp³-hybridized carbons (Fsp3) is 0.733. The fourth-order valence-corrected chi connectivity index (χ4v) is 2.98. The van der Waals surface area contributed by atoms with Gasteiger partial charge in [-0.05, 0) is 32.6 Å². The Bertz CT molecular complexity index is 507. The quantitative estimate of drug-likeness (QED) is 0.909. The first-order chi connectivity index (χ1) is 9.90. The topological polar surface area (TPSA) is 56.2 Å². The van der Waals surface area contributed by atoms with Gasteiger partial charge in [-0.25, -0.2) is 0 Å². The Morgan fingerprint density at radius 1 is 1.52 bits per heavy atom. The van der Waals surface area contributed by atoms with Crippen LogP contribution in [0.3, 0.4) is 0 Å². The van der Waals surface area contributed by atoms with Crippen LogP contribution in [0.15, 0.2) is 0 Å². The number of nitrogens with one attached hydrogen (secondary N) is 1. The molecule has 0 aromatic carbocycles. The molecule has 2 heterocycles. The highest BCUT2D eigenvalue weighted by molar-refractivity contribution is 6.33. The van der Waals surface area contributed by atoms with Gasteiger partial charge in [0.1, 0.15) is 5.15 Å². The summed E-state index contributed by atoms with van der Waals surface area (Å²) in [5.74, 6) is 0.249. The number of nitrogens with zero attached hydrogens (tertiary/aromatic N) is 2. The average Bonchev–Trinajstić information content (AvgIpc) is 2.98. The number of halogens is 1. The molecule has 1 amide bonds. The van der Waals surface area contributed by atoms with Gasteiger partial charge in [-0.1, -0.05) is 25.4 Å². The molecule has 2 rings (SSSR count). The lowest BCUT2D eigenvalue weighted by molar-refractivity contribution is 0.0712. The van der Waals surface area contributed by atoms with Crippen LogP contribution < -0.4 is 5.32 Å². The predicted molar refractivity (Wildman–Crippen MR) is 82.7 cm³/mol. The van der Waals surface area contributed by atoms with Gasteiger partial charge in [0.05, 0.1) is 23.4 Å². The first-order valence-electron chi connectivity index (χ1n) is 7.55. The molecule has 0 aliphatic carbocycles. The lowest BCUT2D eigenvalue weighted by atomic mass is 10.1. The highest BCUT2D eigenvalue weighted by atomic mass is 35.5. The molecule has 0 radical (unpaired) electrons. The first-order valence-corrected chi connectivity index (χ1v) is 7.93. The standard InChI is InChI=1S/C15H24ClN3O2/c1-9(2)8-19-14(16)13(11(4)18-19)15(20)17-10(3)12-6-5-7-21-12/h9-10,12H,5-8H2,1-4H3,(H,17,20). The Morgan fingerprint density at radius 2 is 2.24 bits per heavy atom. The van der Waals surface area contributed by atoms with Gasteiger partial charge >= 0.3 is 0 Å². The Morgan fingerprint density at radius 3 is 2.81 bits per heavy atom. The Labute approximate surface area is 131 Å². The summed E-state index contributed by atoms with van der Waals surface area (Å²) in [7, 11) is 0. The van der Waals surface area contributed by atoms with Gasteiger partial charge in [0.15, 0.2) is 0 Å². The third-order valence-electron chi connectivity index (χ3n) is 3.71. The van der Waals surface area contributed by atoms with E-state index in [9.17, 15) is 4.79 Å². The molecule has 0 bridgehead atoms. The van der Waals surface area contributed by atoms with E-state index < -0.39 is 0 Å². The van der Waals surface area contributed by atoms with Crippen molar-refractivity contribution in [2.75, 3.05) is 6.61 Å². The molecule has 1 aromatic heterocycles. The summed E-state index contributed by atoms with van der Waals surface area (Å²) in [6.45, 7) is 9.44. The van der Waals surface area contributed by atoms with Crippen molar-refractivity contribution in [3.05, 3.63) is 16.4 Å². The molecule has 0 spiro atoms. The van der Waals surface area contributed by atoms with Crippen molar-refractivity contribution in [3.63, 3.8) is 0 Å². The summed E-state index contributed by atoms with van der Waals surface area (Å²) in [4.78, 5) is 12.4. The van der Waals surface area contributed by atoms with Gasteiger partial charge in [-0.3, -0.25) is 9.48 Å².